The van der Waals surface area contributed by atoms with E-state index >= 15 is 0 Å². The van der Waals surface area contributed by atoms with E-state index in [0.29, 0.717) is 10.1 Å². The van der Waals surface area contributed by atoms with E-state index in [4.69, 9.17) is 0 Å². The van der Waals surface area contributed by atoms with Crippen LogP contribution >= 0.6 is 0 Å². The lowest BCUT2D eigenvalue weighted by Gasteiger charge is -2.11. The molecule has 0 saturated carbocycles. The zero-order valence-electron chi connectivity index (χ0n) is 12.5. The second-order valence-corrected chi connectivity index (χ2v) is 4.38. The summed E-state index contributed by atoms with van der Waals surface area (Å²) in [6, 6.07) is 0. The highest BCUT2D eigenvalue weighted by molar-refractivity contribution is 6.02. The van der Waals surface area contributed by atoms with E-state index in [-0.39, 0.29) is 25.7 Å². The molecule has 0 atom stereocenters. The Balaban J connectivity index is 0.000000231. The van der Waals surface area contributed by atoms with Crippen molar-refractivity contribution in [3.63, 3.8) is 0 Å². The Hall–Kier alpha value is -2.98. The van der Waals surface area contributed by atoms with Crippen LogP contribution < -0.4 is 5.32 Å². The molecule has 0 aromatic rings. The average molecular weight is 329 g/mol. The number of imide groups is 2. The normalized spacial score (nSPS) is 17.0. The molecule has 0 aromatic carbocycles. The molecule has 0 aromatic heterocycles. The van der Waals surface area contributed by atoms with Crippen LogP contribution in [0.2, 0.25) is 0 Å². The van der Waals surface area contributed by atoms with Crippen molar-refractivity contribution >= 4 is 35.7 Å². The number of carbonyl (C=O) groups excluding carboxylic acids is 6. The Kier molecular flexibility index (Phi) is 6.18. The zero-order chi connectivity index (χ0) is 17.6. The first-order valence-corrected chi connectivity index (χ1v) is 6.56. The molecule has 23 heavy (non-hydrogen) atoms. The summed E-state index contributed by atoms with van der Waals surface area (Å²) in [4.78, 5) is 72.8. The van der Waals surface area contributed by atoms with Crippen LogP contribution in [0.15, 0.2) is 0 Å². The first-order valence-electron chi connectivity index (χ1n) is 6.56. The van der Waals surface area contributed by atoms with Crippen LogP contribution in [0.3, 0.4) is 0 Å². The number of carbonyl (C=O) groups is 6. The topological polar surface area (TPSA) is 139 Å². The first kappa shape index (κ1) is 18.1. The Labute approximate surface area is 130 Å². The predicted octanol–water partition coefficient (Wildman–Crippen LogP) is -0.980. The summed E-state index contributed by atoms with van der Waals surface area (Å²) in [6.07, 6.45) is -0.345. The Morgan fingerprint density at radius 2 is 1.17 bits per heavy atom. The van der Waals surface area contributed by atoms with Gasteiger partial charge < -0.3 is 15.0 Å². The lowest BCUT2D eigenvalue weighted by molar-refractivity contribution is -0.195. The number of hydrogen-bond donors (Lipinski definition) is 1. The second kappa shape index (κ2) is 7.87. The highest BCUT2D eigenvalue weighted by atomic mass is 16.7. The van der Waals surface area contributed by atoms with Gasteiger partial charge in [-0.15, -0.1) is 10.1 Å². The monoisotopic (exact) mass is 329 g/mol. The maximum atomic E-state index is 10.8. The first-order chi connectivity index (χ1) is 10.8. The molecule has 0 bridgehead atoms. The van der Waals surface area contributed by atoms with E-state index in [1.807, 2.05) is 0 Å². The summed E-state index contributed by atoms with van der Waals surface area (Å²) < 4.78 is 0. The second-order valence-electron chi connectivity index (χ2n) is 4.38. The fourth-order valence-corrected chi connectivity index (χ4v) is 1.57. The third-order valence-electron chi connectivity index (χ3n) is 2.61. The molecule has 0 radical (unpaired) electrons. The van der Waals surface area contributed by atoms with Gasteiger partial charge in [0.2, 0.25) is 0 Å². The van der Waals surface area contributed by atoms with Crippen LogP contribution in [0.1, 0.15) is 32.6 Å². The molecule has 1 N–H and O–H groups in total. The quantitative estimate of drug-likeness (QED) is 0.638. The lowest BCUT2D eigenvalue weighted by atomic mass is 10.4. The van der Waals surface area contributed by atoms with Gasteiger partial charge in [0.1, 0.15) is 0 Å². The standard InChI is InChI=1S/C6H8N2O4.C6H7NO4/c1-7-6(11)12-8-4(9)2-3-5(8)10;1-4(8)11-7-5(9)2-3-6(7)10/h2-3H2,1H3,(H,7,11);2-3H2,1H3. The number of hydroxylamine groups is 4. The number of rotatable bonds is 2. The molecule has 2 aliphatic heterocycles. The molecule has 2 aliphatic rings. The molecule has 5 amide bonds. The van der Waals surface area contributed by atoms with Crippen molar-refractivity contribution < 1.29 is 38.4 Å². The lowest BCUT2D eigenvalue weighted by Crippen LogP contribution is -2.35. The number of nitrogens with one attached hydrogen (secondary N) is 1. The van der Waals surface area contributed by atoms with Crippen molar-refractivity contribution in [1.82, 2.24) is 15.4 Å². The molecule has 11 heteroatoms. The van der Waals surface area contributed by atoms with Gasteiger partial charge in [0.25, 0.3) is 23.6 Å². The van der Waals surface area contributed by atoms with E-state index in [0.717, 1.165) is 6.92 Å². The summed E-state index contributed by atoms with van der Waals surface area (Å²) in [5.74, 6) is -2.53. The highest BCUT2D eigenvalue weighted by Gasteiger charge is 2.33. The van der Waals surface area contributed by atoms with Crippen molar-refractivity contribution in [3.05, 3.63) is 0 Å². The van der Waals surface area contributed by atoms with Crippen LogP contribution in [-0.2, 0) is 33.6 Å². The van der Waals surface area contributed by atoms with Crippen molar-refractivity contribution in [2.45, 2.75) is 32.6 Å². The van der Waals surface area contributed by atoms with Crippen LogP contribution in [0.5, 0.6) is 0 Å². The minimum Gasteiger partial charge on any atom is -0.331 e. The third kappa shape index (κ3) is 5.05. The highest BCUT2D eigenvalue weighted by Crippen LogP contribution is 2.12. The Morgan fingerprint density at radius 1 is 0.826 bits per heavy atom. The van der Waals surface area contributed by atoms with Gasteiger partial charge in [0.15, 0.2) is 0 Å². The molecule has 2 saturated heterocycles. The molecular formula is C12H15N3O8. The number of hydrogen-bond acceptors (Lipinski definition) is 8. The molecule has 2 heterocycles. The van der Waals surface area contributed by atoms with Gasteiger partial charge in [-0.05, 0) is 0 Å². The molecule has 2 fully saturated rings. The molecule has 0 aliphatic carbocycles. The van der Waals surface area contributed by atoms with Crippen molar-refractivity contribution in [1.29, 1.82) is 0 Å². The van der Waals surface area contributed by atoms with Gasteiger partial charge in [0, 0.05) is 39.7 Å². The summed E-state index contributed by atoms with van der Waals surface area (Å²) in [7, 11) is 1.34. The van der Waals surface area contributed by atoms with Gasteiger partial charge in [-0.3, -0.25) is 19.2 Å². The largest absolute Gasteiger partial charge is 0.431 e. The van der Waals surface area contributed by atoms with Crippen LogP contribution in [0.4, 0.5) is 4.79 Å². The van der Waals surface area contributed by atoms with E-state index < -0.39 is 35.7 Å². The average Bonchev–Trinajstić information content (AvgIpc) is 2.97. The van der Waals surface area contributed by atoms with Gasteiger partial charge in [-0.25, -0.2) is 9.59 Å². The number of amides is 5. The van der Waals surface area contributed by atoms with Crippen molar-refractivity contribution in [3.8, 4) is 0 Å². The summed E-state index contributed by atoms with van der Waals surface area (Å²) in [5, 5.41) is 3.13. The van der Waals surface area contributed by atoms with E-state index in [2.05, 4.69) is 15.0 Å². The van der Waals surface area contributed by atoms with Gasteiger partial charge in [-0.1, -0.05) is 0 Å². The summed E-state index contributed by atoms with van der Waals surface area (Å²) >= 11 is 0. The van der Waals surface area contributed by atoms with Gasteiger partial charge >= 0.3 is 12.1 Å². The fraction of sp³-hybridized carbons (Fsp3) is 0.500. The van der Waals surface area contributed by atoms with E-state index in [9.17, 15) is 28.8 Å². The van der Waals surface area contributed by atoms with E-state index in [1.165, 1.54) is 7.05 Å². The minimum atomic E-state index is -0.821. The molecule has 11 nitrogen and oxygen atoms in total. The van der Waals surface area contributed by atoms with Crippen LogP contribution in [0, 0.1) is 0 Å². The molecule has 0 unspecified atom stereocenters. The van der Waals surface area contributed by atoms with Crippen molar-refractivity contribution in [2.24, 2.45) is 0 Å². The third-order valence-corrected chi connectivity index (χ3v) is 2.61. The molecule has 2 rings (SSSR count). The van der Waals surface area contributed by atoms with Crippen LogP contribution in [-0.4, -0.2) is 52.9 Å². The molecule has 0 spiro atoms. The van der Waals surface area contributed by atoms with Crippen LogP contribution in [0.25, 0.3) is 0 Å². The fourth-order valence-electron chi connectivity index (χ4n) is 1.57. The predicted molar refractivity (Wildman–Crippen MR) is 69.5 cm³/mol. The molecular weight excluding hydrogens is 314 g/mol. The summed E-state index contributed by atoms with van der Waals surface area (Å²) in [6.45, 7) is 1.14. The smallest absolute Gasteiger partial charge is 0.331 e. The zero-order valence-corrected chi connectivity index (χ0v) is 12.5. The van der Waals surface area contributed by atoms with Crippen molar-refractivity contribution in [2.75, 3.05) is 7.05 Å². The minimum absolute atomic E-state index is 0.107. The van der Waals surface area contributed by atoms with E-state index in [1.54, 1.807) is 0 Å². The Morgan fingerprint density at radius 3 is 1.48 bits per heavy atom. The summed E-state index contributed by atoms with van der Waals surface area (Å²) in [5.41, 5.74) is 0. The maximum Gasteiger partial charge on any atom is 0.431 e. The van der Waals surface area contributed by atoms with Gasteiger partial charge in [-0.2, -0.15) is 0 Å². The molecule has 126 valence electrons. The Bertz CT molecular complexity index is 527. The number of nitrogens with zero attached hydrogens (tertiary/aromatic N) is 2. The van der Waals surface area contributed by atoms with Gasteiger partial charge in [0.05, 0.1) is 0 Å². The maximum absolute atomic E-state index is 10.8. The SMILES string of the molecule is CC(=O)ON1C(=O)CCC1=O.CNC(=O)ON1C(=O)CCC1=O.